The van der Waals surface area contributed by atoms with Crippen LogP contribution in [0.5, 0.6) is 11.5 Å². The third-order valence-electron chi connectivity index (χ3n) is 7.00. The average Bonchev–Trinajstić information content (AvgIpc) is 3.12. The first-order valence-electron chi connectivity index (χ1n) is 11.9. The van der Waals surface area contributed by atoms with E-state index in [0.717, 1.165) is 53.6 Å². The molecule has 2 aliphatic heterocycles. The molecule has 33 heavy (non-hydrogen) atoms. The lowest BCUT2D eigenvalue weighted by molar-refractivity contribution is 0.126. The molecule has 0 saturated carbocycles. The predicted molar refractivity (Wildman–Crippen MR) is 135 cm³/mol. The van der Waals surface area contributed by atoms with Crippen LogP contribution in [-0.2, 0) is 12.1 Å². The van der Waals surface area contributed by atoms with Crippen LogP contribution < -0.4 is 15.4 Å². The van der Waals surface area contributed by atoms with E-state index in [1.54, 1.807) is 0 Å². The Bertz CT molecular complexity index is 1140. The number of hydrogen-bond acceptors (Lipinski definition) is 5. The van der Waals surface area contributed by atoms with Crippen molar-refractivity contribution in [2.45, 2.75) is 39.8 Å². The van der Waals surface area contributed by atoms with Crippen molar-refractivity contribution in [1.82, 2.24) is 4.90 Å². The van der Waals surface area contributed by atoms with Crippen molar-refractivity contribution < 1.29 is 9.84 Å². The molecule has 0 amide bonds. The molecule has 5 rings (SSSR count). The van der Waals surface area contributed by atoms with Crippen LogP contribution in [0, 0.1) is 13.8 Å². The fourth-order valence-electron chi connectivity index (χ4n) is 5.64. The molecule has 3 aromatic carbocycles. The van der Waals surface area contributed by atoms with Gasteiger partial charge >= 0.3 is 0 Å². The van der Waals surface area contributed by atoms with Crippen molar-refractivity contribution >= 4 is 11.4 Å². The number of ether oxygens (including phenoxy) is 1. The summed E-state index contributed by atoms with van der Waals surface area (Å²) in [6, 6.07) is 17.5. The Kier molecular flexibility index (Phi) is 5.55. The number of aryl methyl sites for hydroxylation is 2. The molecule has 172 valence electrons. The van der Waals surface area contributed by atoms with Gasteiger partial charge < -0.3 is 20.5 Å². The first kappa shape index (κ1) is 21.8. The fraction of sp³-hybridized carbons (Fsp3) is 0.357. The summed E-state index contributed by atoms with van der Waals surface area (Å²) in [7, 11) is 0. The van der Waals surface area contributed by atoms with Crippen molar-refractivity contribution in [2.75, 3.05) is 36.9 Å². The zero-order chi connectivity index (χ0) is 23.2. The van der Waals surface area contributed by atoms with Crippen molar-refractivity contribution in [3.63, 3.8) is 0 Å². The van der Waals surface area contributed by atoms with Crippen LogP contribution in [-0.4, -0.2) is 36.2 Å². The highest BCUT2D eigenvalue weighted by Crippen LogP contribution is 2.58. The molecule has 0 bridgehead atoms. The van der Waals surface area contributed by atoms with Gasteiger partial charge in [0.1, 0.15) is 17.0 Å². The van der Waals surface area contributed by atoms with Gasteiger partial charge in [-0.2, -0.15) is 0 Å². The van der Waals surface area contributed by atoms with Crippen LogP contribution in [0.2, 0.25) is 0 Å². The number of anilines is 2. The topological polar surface area (TPSA) is 56.8 Å². The van der Waals surface area contributed by atoms with E-state index in [9.17, 15) is 5.11 Å². The van der Waals surface area contributed by atoms with E-state index in [2.05, 4.69) is 91.8 Å². The molecule has 0 aliphatic carbocycles. The van der Waals surface area contributed by atoms with Gasteiger partial charge in [-0.15, -0.1) is 0 Å². The smallest absolute Gasteiger partial charge is 0.135 e. The molecule has 0 atom stereocenters. The average molecular weight is 444 g/mol. The maximum atomic E-state index is 10.1. The molecule has 5 heteroatoms. The molecule has 3 aromatic rings. The molecule has 0 unspecified atom stereocenters. The largest absolute Gasteiger partial charge is 0.456 e. The van der Waals surface area contributed by atoms with Crippen LogP contribution in [0.15, 0.2) is 48.5 Å². The molecule has 0 saturated heterocycles. The maximum absolute atomic E-state index is 10.1. The highest BCUT2D eigenvalue weighted by atomic mass is 16.5. The molecule has 3 N–H and O–H groups in total. The molecule has 0 radical (unpaired) electrons. The number of hydrogen-bond donors (Lipinski definition) is 3. The quantitative estimate of drug-likeness (QED) is 0.478. The summed E-state index contributed by atoms with van der Waals surface area (Å²) in [5.74, 6) is 1.74. The van der Waals surface area contributed by atoms with Gasteiger partial charge in [0, 0.05) is 60.8 Å². The van der Waals surface area contributed by atoms with E-state index >= 15 is 0 Å². The van der Waals surface area contributed by atoms with Crippen LogP contribution in [0.25, 0.3) is 0 Å². The molecule has 2 heterocycles. The predicted octanol–water partition coefficient (Wildman–Crippen LogP) is 5.37. The fourth-order valence-corrected chi connectivity index (χ4v) is 5.64. The molecule has 0 aromatic heterocycles. The van der Waals surface area contributed by atoms with Gasteiger partial charge in [0.25, 0.3) is 0 Å². The monoisotopic (exact) mass is 443 g/mol. The van der Waals surface area contributed by atoms with Crippen molar-refractivity contribution in [1.29, 1.82) is 0 Å². The summed E-state index contributed by atoms with van der Waals surface area (Å²) in [5, 5.41) is 17.0. The minimum Gasteiger partial charge on any atom is -0.456 e. The second kappa shape index (κ2) is 8.40. The summed E-state index contributed by atoms with van der Waals surface area (Å²) < 4.78 is 6.62. The van der Waals surface area contributed by atoms with Crippen LogP contribution >= 0.6 is 0 Å². The zero-order valence-electron chi connectivity index (χ0n) is 20.0. The highest BCUT2D eigenvalue weighted by molar-refractivity contribution is 5.72. The van der Waals surface area contributed by atoms with E-state index in [-0.39, 0.29) is 6.61 Å². The summed E-state index contributed by atoms with van der Waals surface area (Å²) in [5.41, 5.74) is 8.91. The minimum absolute atomic E-state index is 0.101. The van der Waals surface area contributed by atoms with Crippen molar-refractivity contribution in [2.24, 2.45) is 0 Å². The number of β-amino-alcohol motifs (C(OH)–C–C–N with tert-alkyl or cyclic N) is 1. The lowest BCUT2D eigenvalue weighted by Crippen LogP contribution is -2.46. The molecule has 5 nitrogen and oxygen atoms in total. The number of aliphatic hydroxyl groups excluding tert-OH is 1. The standard InChI is InChI=1S/C28H33N3O2/c1-5-29-24-15-26-22(13-18(24)3)28(21-10-8-7-9-20(21)17-31(28)11-12-32)23-14-19(4)25(30-6-2)16-27(23)33-26/h7-10,13-16,29-30,32H,5-6,11-12,17H2,1-4H3. The second-order valence-corrected chi connectivity index (χ2v) is 9.00. The highest BCUT2D eigenvalue weighted by Gasteiger charge is 2.52. The Balaban J connectivity index is 1.86. The van der Waals surface area contributed by atoms with Crippen LogP contribution in [0.3, 0.4) is 0 Å². The summed E-state index contributed by atoms with van der Waals surface area (Å²) in [6.07, 6.45) is 0. The first-order chi connectivity index (χ1) is 16.0. The number of fused-ring (bicyclic) bond motifs is 6. The molecular formula is C28H33N3O2. The van der Waals surface area contributed by atoms with Gasteiger partial charge in [0.05, 0.1) is 6.61 Å². The molecular weight excluding hydrogens is 410 g/mol. The Morgan fingerprint density at radius 3 is 2.00 bits per heavy atom. The summed E-state index contributed by atoms with van der Waals surface area (Å²) >= 11 is 0. The number of aliphatic hydroxyl groups is 1. The number of benzene rings is 3. The lowest BCUT2D eigenvalue weighted by atomic mass is 9.73. The molecule has 0 fully saturated rings. The third kappa shape index (κ3) is 3.22. The van der Waals surface area contributed by atoms with Crippen molar-refractivity contribution in [3.8, 4) is 11.5 Å². The molecule has 2 aliphatic rings. The molecule has 1 spiro atoms. The second-order valence-electron chi connectivity index (χ2n) is 9.00. The van der Waals surface area contributed by atoms with Crippen LogP contribution in [0.4, 0.5) is 11.4 Å². The van der Waals surface area contributed by atoms with Gasteiger partial charge in [-0.3, -0.25) is 4.90 Å². The van der Waals surface area contributed by atoms with E-state index in [4.69, 9.17) is 4.74 Å². The maximum Gasteiger partial charge on any atom is 0.135 e. The Labute approximate surface area is 196 Å². The van der Waals surface area contributed by atoms with Gasteiger partial charge in [0.15, 0.2) is 0 Å². The van der Waals surface area contributed by atoms with E-state index in [1.165, 1.54) is 22.3 Å². The minimum atomic E-state index is -0.507. The zero-order valence-corrected chi connectivity index (χ0v) is 20.0. The van der Waals surface area contributed by atoms with Crippen molar-refractivity contribution in [3.05, 3.63) is 81.9 Å². The van der Waals surface area contributed by atoms with Crippen LogP contribution in [0.1, 0.15) is 47.2 Å². The lowest BCUT2D eigenvalue weighted by Gasteiger charge is -2.45. The SMILES string of the molecule is CCNc1cc2c(cc1C)C1(c3ccccc3CN1CCO)c1cc(C)c(NCC)cc1O2. The number of rotatable bonds is 6. The van der Waals surface area contributed by atoms with Gasteiger partial charge in [-0.1, -0.05) is 24.3 Å². The number of nitrogens with zero attached hydrogens (tertiary/aromatic N) is 1. The Morgan fingerprint density at radius 2 is 1.45 bits per heavy atom. The van der Waals surface area contributed by atoms with E-state index < -0.39 is 5.54 Å². The normalized spacial score (nSPS) is 15.5. The number of nitrogens with one attached hydrogen (secondary N) is 2. The summed E-state index contributed by atoms with van der Waals surface area (Å²) in [4.78, 5) is 2.41. The first-order valence-corrected chi connectivity index (χ1v) is 11.9. The Hall–Kier alpha value is -3.02. The third-order valence-corrected chi connectivity index (χ3v) is 7.00. The van der Waals surface area contributed by atoms with Gasteiger partial charge in [0.2, 0.25) is 0 Å². The van der Waals surface area contributed by atoms with E-state index in [1.807, 2.05) is 0 Å². The van der Waals surface area contributed by atoms with Gasteiger partial charge in [-0.05, 0) is 62.1 Å². The Morgan fingerprint density at radius 1 is 0.879 bits per heavy atom. The summed E-state index contributed by atoms with van der Waals surface area (Å²) in [6.45, 7) is 11.7. The van der Waals surface area contributed by atoms with E-state index in [0.29, 0.717) is 6.54 Å². The van der Waals surface area contributed by atoms with Gasteiger partial charge in [-0.25, -0.2) is 0 Å².